The maximum atomic E-state index is 13.4. The summed E-state index contributed by atoms with van der Waals surface area (Å²) in [6, 6.07) is 12.9. The summed E-state index contributed by atoms with van der Waals surface area (Å²) in [4.78, 5) is 13.3. The first-order valence-corrected chi connectivity index (χ1v) is 17.6. The Balaban J connectivity index is 0.00000114. The summed E-state index contributed by atoms with van der Waals surface area (Å²) < 4.78 is 39.5. The Morgan fingerprint density at radius 3 is 2.24 bits per heavy atom. The number of benzene rings is 2. The van der Waals surface area contributed by atoms with Crippen molar-refractivity contribution in [1.29, 1.82) is 0 Å². The largest absolute Gasteiger partial charge is 0.461 e. The van der Waals surface area contributed by atoms with Gasteiger partial charge >= 0.3 is 5.97 Å². The molecule has 3 aromatic rings. The van der Waals surface area contributed by atoms with E-state index >= 15 is 0 Å². The van der Waals surface area contributed by atoms with Crippen molar-refractivity contribution in [3.05, 3.63) is 83.6 Å². The van der Waals surface area contributed by atoms with Gasteiger partial charge in [-0.3, -0.25) is 0 Å². The highest BCUT2D eigenvalue weighted by Gasteiger charge is 2.35. The number of esters is 1. The van der Waals surface area contributed by atoms with Crippen molar-refractivity contribution in [3.8, 4) is 0 Å². The molecule has 0 amide bonds. The summed E-state index contributed by atoms with van der Waals surface area (Å²) >= 11 is 6.36. The standard InChI is InChI=1S/C26H31ClNO5PS.C5H10.C2H6/c1-7-15-35(30,31)28-22-14-13-19(27)17-21(22)24(23(28)25(29)32-8-2)34(33-9-3)20-12-10-11-18(16-20)26(4,5)6;1-3-5-4-2;1-2/h7,10-14,16-17H,1,8-9,15H2,2-6H3;3,5H,4H2,1-2H3;1-2H3/b;5-3-;. The molecule has 42 heavy (non-hydrogen) atoms. The third-order valence-corrected chi connectivity index (χ3v) is 9.76. The van der Waals surface area contributed by atoms with Crippen LogP contribution in [0.5, 0.6) is 0 Å². The molecule has 0 bridgehead atoms. The number of rotatable bonds is 10. The van der Waals surface area contributed by atoms with E-state index in [-0.39, 0.29) is 23.5 Å². The van der Waals surface area contributed by atoms with Crippen LogP contribution in [0.15, 0.2) is 67.3 Å². The fourth-order valence-corrected chi connectivity index (χ4v) is 7.69. The molecule has 1 heterocycles. The summed E-state index contributed by atoms with van der Waals surface area (Å²) in [5.74, 6) is -1.08. The van der Waals surface area contributed by atoms with E-state index < -0.39 is 24.1 Å². The number of hydrogen-bond donors (Lipinski definition) is 0. The molecular formula is C33H47ClNO5PS. The molecule has 0 saturated carbocycles. The molecular weight excluding hydrogens is 589 g/mol. The molecule has 2 aromatic carbocycles. The van der Waals surface area contributed by atoms with Crippen LogP contribution < -0.4 is 10.6 Å². The summed E-state index contributed by atoms with van der Waals surface area (Å²) in [6.07, 6.45) is 6.64. The summed E-state index contributed by atoms with van der Waals surface area (Å²) in [5, 5.41) is 2.28. The lowest BCUT2D eigenvalue weighted by molar-refractivity contribution is 0.0520. The minimum atomic E-state index is -3.98. The predicted molar refractivity (Wildman–Crippen MR) is 182 cm³/mol. The Hall–Kier alpha value is -2.44. The molecule has 3 rings (SSSR count). The molecule has 0 aliphatic carbocycles. The quantitative estimate of drug-likeness (QED) is 0.127. The monoisotopic (exact) mass is 635 g/mol. The van der Waals surface area contributed by atoms with Gasteiger partial charge in [0.05, 0.1) is 26.0 Å². The van der Waals surface area contributed by atoms with Crippen LogP contribution in [0.2, 0.25) is 5.02 Å². The summed E-state index contributed by atoms with van der Waals surface area (Å²) in [5.41, 5.74) is 1.26. The topological polar surface area (TPSA) is 74.6 Å². The van der Waals surface area contributed by atoms with Gasteiger partial charge in [-0.15, -0.1) is 6.58 Å². The van der Waals surface area contributed by atoms with Gasteiger partial charge in [0.2, 0.25) is 10.0 Å². The summed E-state index contributed by atoms with van der Waals surface area (Å²) in [6.45, 7) is 22.1. The van der Waals surface area contributed by atoms with Gasteiger partial charge in [0, 0.05) is 27.6 Å². The van der Waals surface area contributed by atoms with Crippen LogP contribution in [-0.4, -0.2) is 37.3 Å². The van der Waals surface area contributed by atoms with Crippen LogP contribution in [0.1, 0.15) is 84.8 Å². The van der Waals surface area contributed by atoms with Crippen LogP contribution in [0.4, 0.5) is 0 Å². The van der Waals surface area contributed by atoms with Crippen molar-refractivity contribution in [3.63, 3.8) is 0 Å². The van der Waals surface area contributed by atoms with Crippen molar-refractivity contribution in [2.75, 3.05) is 19.0 Å². The second-order valence-electron chi connectivity index (χ2n) is 9.90. The summed E-state index contributed by atoms with van der Waals surface area (Å²) in [7, 11) is -5.57. The third kappa shape index (κ3) is 9.54. The van der Waals surface area contributed by atoms with E-state index in [1.807, 2.05) is 45.9 Å². The minimum absolute atomic E-state index is 0.0633. The van der Waals surface area contributed by atoms with Gasteiger partial charge in [0.25, 0.3) is 0 Å². The average Bonchev–Trinajstić information content (AvgIpc) is 3.28. The molecule has 0 fully saturated rings. The maximum Gasteiger partial charge on any atom is 0.356 e. The lowest BCUT2D eigenvalue weighted by Crippen LogP contribution is -2.27. The molecule has 1 aromatic heterocycles. The van der Waals surface area contributed by atoms with Crippen molar-refractivity contribution >= 4 is 57.3 Å². The zero-order valence-corrected chi connectivity index (χ0v) is 29.0. The number of ether oxygens (including phenoxy) is 1. The molecule has 232 valence electrons. The number of halogens is 1. The number of fused-ring (bicyclic) bond motifs is 1. The Kier molecular flexibility index (Phi) is 15.8. The lowest BCUT2D eigenvalue weighted by Gasteiger charge is -2.23. The fraction of sp³-hybridized carbons (Fsp3) is 0.424. The van der Waals surface area contributed by atoms with E-state index in [1.165, 1.54) is 6.08 Å². The fourth-order valence-electron chi connectivity index (χ4n) is 4.05. The smallest absolute Gasteiger partial charge is 0.356 e. The number of nitrogens with zero attached hydrogens (tertiary/aromatic N) is 1. The van der Waals surface area contributed by atoms with Crippen LogP contribution in [0.25, 0.3) is 10.9 Å². The number of allylic oxidation sites excluding steroid dienone is 2. The Bertz CT molecular complexity index is 1460. The van der Waals surface area contributed by atoms with Crippen molar-refractivity contribution in [1.82, 2.24) is 3.97 Å². The Morgan fingerprint density at radius 2 is 1.74 bits per heavy atom. The highest BCUT2D eigenvalue weighted by molar-refractivity contribution is 7.90. The van der Waals surface area contributed by atoms with Crippen LogP contribution in [0, 0.1) is 0 Å². The van der Waals surface area contributed by atoms with Gasteiger partial charge < -0.3 is 9.26 Å². The van der Waals surface area contributed by atoms with Crippen molar-refractivity contribution in [2.24, 2.45) is 0 Å². The van der Waals surface area contributed by atoms with Gasteiger partial charge in [-0.25, -0.2) is 17.2 Å². The second kappa shape index (κ2) is 17.6. The van der Waals surface area contributed by atoms with E-state index in [0.717, 1.165) is 21.3 Å². The molecule has 6 nitrogen and oxygen atoms in total. The first kappa shape index (κ1) is 37.6. The lowest BCUT2D eigenvalue weighted by atomic mass is 9.87. The van der Waals surface area contributed by atoms with Gasteiger partial charge in [-0.2, -0.15) is 0 Å². The zero-order valence-electron chi connectivity index (χ0n) is 26.5. The molecule has 0 saturated heterocycles. The first-order chi connectivity index (χ1) is 19.9. The molecule has 0 aliphatic rings. The minimum Gasteiger partial charge on any atom is -0.461 e. The van der Waals surface area contributed by atoms with Crippen molar-refractivity contribution < 1.29 is 22.5 Å². The molecule has 0 aliphatic heterocycles. The number of hydrogen-bond acceptors (Lipinski definition) is 5. The van der Waals surface area contributed by atoms with Gasteiger partial charge in [0.1, 0.15) is 0 Å². The molecule has 0 radical (unpaired) electrons. The molecule has 0 N–H and O–H groups in total. The number of aromatic nitrogens is 1. The second-order valence-corrected chi connectivity index (χ2v) is 14.0. The van der Waals surface area contributed by atoms with E-state index in [2.05, 4.69) is 52.5 Å². The van der Waals surface area contributed by atoms with Crippen LogP contribution in [0.3, 0.4) is 0 Å². The SMILES string of the molecule is C/C=C\CC.C=CCS(=O)(=O)n1c(C(=O)OCC)c(P(OCC)c2cccc(C(C)(C)C)c2)c2cc(Cl)ccc21.CC. The normalized spacial score (nSPS) is 12.2. The Labute approximate surface area is 259 Å². The number of carbonyl (C=O) groups excluding carboxylic acids is 1. The zero-order chi connectivity index (χ0) is 32.1. The van der Waals surface area contributed by atoms with Crippen LogP contribution in [-0.2, 0) is 24.7 Å². The highest BCUT2D eigenvalue weighted by atomic mass is 35.5. The molecule has 1 atom stereocenters. The van der Waals surface area contributed by atoms with E-state index in [1.54, 1.807) is 25.1 Å². The highest BCUT2D eigenvalue weighted by Crippen LogP contribution is 2.42. The van der Waals surface area contributed by atoms with E-state index in [9.17, 15) is 13.2 Å². The predicted octanol–water partition coefficient (Wildman–Crippen LogP) is 8.52. The maximum absolute atomic E-state index is 13.4. The van der Waals surface area contributed by atoms with Crippen LogP contribution >= 0.6 is 19.7 Å². The molecule has 1 unspecified atom stereocenters. The Morgan fingerprint density at radius 1 is 1.07 bits per heavy atom. The molecule has 0 spiro atoms. The number of carbonyl (C=O) groups is 1. The van der Waals surface area contributed by atoms with Crippen molar-refractivity contribution in [2.45, 2.75) is 74.1 Å². The molecule has 9 heteroatoms. The van der Waals surface area contributed by atoms with Gasteiger partial charge in [0.15, 0.2) is 5.69 Å². The third-order valence-electron chi connectivity index (χ3n) is 5.81. The average molecular weight is 636 g/mol. The van der Waals surface area contributed by atoms with E-state index in [4.69, 9.17) is 20.9 Å². The van der Waals surface area contributed by atoms with Gasteiger partial charge in [-0.1, -0.05) is 89.6 Å². The van der Waals surface area contributed by atoms with Gasteiger partial charge in [-0.05, 0) is 62.4 Å². The van der Waals surface area contributed by atoms with E-state index in [0.29, 0.717) is 27.8 Å². The first-order valence-electron chi connectivity index (χ1n) is 14.4.